The van der Waals surface area contributed by atoms with Crippen LogP contribution < -0.4 is 15.7 Å². The molecule has 1 aromatic heterocycles. The first-order valence-corrected chi connectivity index (χ1v) is 10.3. The molecule has 36 heavy (non-hydrogen) atoms. The van der Waals surface area contributed by atoms with Crippen LogP contribution >= 0.6 is 11.6 Å². The van der Waals surface area contributed by atoms with Crippen molar-refractivity contribution in [2.75, 3.05) is 5.32 Å². The number of aromatic nitrogens is 3. The molecule has 0 spiro atoms. The SMILES string of the molecule is C#C[C@H](Oc1cc(-n2nc(C(=O)O)n(CC)c2=O)ccc1C(=O)Nc1c(F)cccc1Cl)C(F)(F)F. The van der Waals surface area contributed by atoms with Gasteiger partial charge in [0.05, 0.1) is 22.0 Å². The molecule has 0 saturated carbocycles. The van der Waals surface area contributed by atoms with E-state index >= 15 is 0 Å². The molecule has 3 aromatic rings. The second-order valence-electron chi connectivity index (χ2n) is 7.00. The van der Waals surface area contributed by atoms with Crippen LogP contribution in [-0.4, -0.2) is 43.6 Å². The van der Waals surface area contributed by atoms with Crippen molar-refractivity contribution in [3.8, 4) is 23.8 Å². The van der Waals surface area contributed by atoms with Crippen molar-refractivity contribution in [1.82, 2.24) is 14.3 Å². The van der Waals surface area contributed by atoms with Crippen molar-refractivity contribution in [2.24, 2.45) is 0 Å². The van der Waals surface area contributed by atoms with Crippen LogP contribution in [0.4, 0.5) is 23.2 Å². The highest BCUT2D eigenvalue weighted by Gasteiger charge is 2.41. The second-order valence-corrected chi connectivity index (χ2v) is 7.41. The fourth-order valence-electron chi connectivity index (χ4n) is 3.06. The monoisotopic (exact) mass is 526 g/mol. The number of rotatable bonds is 7. The van der Waals surface area contributed by atoms with E-state index in [1.54, 1.807) is 0 Å². The number of anilines is 1. The summed E-state index contributed by atoms with van der Waals surface area (Å²) in [4.78, 5) is 36.9. The van der Waals surface area contributed by atoms with Crippen molar-refractivity contribution < 1.29 is 37.0 Å². The molecule has 2 N–H and O–H groups in total. The Balaban J connectivity index is 2.15. The van der Waals surface area contributed by atoms with E-state index in [1.165, 1.54) is 25.0 Å². The molecule has 0 saturated heterocycles. The number of terminal acetylenes is 1. The van der Waals surface area contributed by atoms with E-state index in [9.17, 15) is 37.1 Å². The maximum Gasteiger partial charge on any atom is 0.437 e. The van der Waals surface area contributed by atoms with Crippen LogP contribution in [0.5, 0.6) is 5.75 Å². The summed E-state index contributed by atoms with van der Waals surface area (Å²) in [5.74, 6) is -3.51. The van der Waals surface area contributed by atoms with Gasteiger partial charge in [0.2, 0.25) is 5.82 Å². The Morgan fingerprint density at radius 1 is 1.31 bits per heavy atom. The lowest BCUT2D eigenvalue weighted by molar-refractivity contribution is -0.177. The number of ether oxygens (including phenoxy) is 1. The number of carbonyl (C=O) groups is 2. The number of amides is 1. The third kappa shape index (κ3) is 5.18. The van der Waals surface area contributed by atoms with E-state index < -0.39 is 58.5 Å². The standard InChI is InChI=1S/C22H15ClF4N4O5/c1-3-16(22(25,26)27)36-15-10-11(31-21(35)30(4-2)18(29-31)20(33)34)8-9-12(15)19(32)28-17-13(23)6-5-7-14(17)24/h1,5-10,16H,4H2,2H3,(H,28,32)(H,33,34)/t16-/m0/s1. The topological polar surface area (TPSA) is 115 Å². The van der Waals surface area contributed by atoms with E-state index in [2.05, 4.69) is 10.4 Å². The highest BCUT2D eigenvalue weighted by atomic mass is 35.5. The zero-order chi connectivity index (χ0) is 26.8. The number of carboxylic acids is 1. The van der Waals surface area contributed by atoms with Crippen molar-refractivity contribution in [1.29, 1.82) is 0 Å². The molecule has 1 atom stereocenters. The van der Waals surface area contributed by atoms with Gasteiger partial charge in [-0.15, -0.1) is 11.5 Å². The van der Waals surface area contributed by atoms with E-state index in [0.717, 1.165) is 28.8 Å². The lowest BCUT2D eigenvalue weighted by atomic mass is 10.1. The second kappa shape index (κ2) is 10.1. The maximum atomic E-state index is 14.1. The van der Waals surface area contributed by atoms with E-state index in [1.807, 2.05) is 0 Å². The summed E-state index contributed by atoms with van der Waals surface area (Å²) in [7, 11) is 0. The summed E-state index contributed by atoms with van der Waals surface area (Å²) in [5, 5.41) is 14.9. The van der Waals surface area contributed by atoms with Crippen LogP contribution in [0.1, 0.15) is 27.9 Å². The van der Waals surface area contributed by atoms with Crippen LogP contribution in [0.15, 0.2) is 41.2 Å². The fraction of sp³-hybridized carbons (Fsp3) is 0.182. The molecule has 0 radical (unpaired) electrons. The van der Waals surface area contributed by atoms with Gasteiger partial charge in [-0.1, -0.05) is 23.6 Å². The summed E-state index contributed by atoms with van der Waals surface area (Å²) in [5.41, 5.74) is -2.11. The van der Waals surface area contributed by atoms with Crippen LogP contribution in [-0.2, 0) is 6.54 Å². The minimum atomic E-state index is -5.04. The molecule has 0 aliphatic rings. The molecule has 188 valence electrons. The zero-order valence-corrected chi connectivity index (χ0v) is 18.9. The third-order valence-electron chi connectivity index (χ3n) is 4.72. The average Bonchev–Trinajstić information content (AvgIpc) is 3.15. The van der Waals surface area contributed by atoms with Crippen LogP contribution in [0.2, 0.25) is 5.02 Å². The maximum absolute atomic E-state index is 14.1. The Hall–Kier alpha value is -4.31. The van der Waals surface area contributed by atoms with Gasteiger partial charge in [-0.05, 0) is 31.2 Å². The number of nitrogens with zero attached hydrogens (tertiary/aromatic N) is 3. The number of alkyl halides is 3. The summed E-state index contributed by atoms with van der Waals surface area (Å²) in [6.45, 7) is 1.41. The first kappa shape index (κ1) is 26.3. The van der Waals surface area contributed by atoms with Gasteiger partial charge in [-0.2, -0.15) is 17.9 Å². The number of hydrogen-bond acceptors (Lipinski definition) is 5. The molecule has 0 aliphatic heterocycles. The van der Waals surface area contributed by atoms with Crippen molar-refractivity contribution in [3.05, 3.63) is 69.1 Å². The number of carboxylic acid groups (broad SMARTS) is 1. The molecule has 0 bridgehead atoms. The van der Waals surface area contributed by atoms with Gasteiger partial charge >= 0.3 is 17.8 Å². The Morgan fingerprint density at radius 2 is 2.00 bits per heavy atom. The number of benzene rings is 2. The smallest absolute Gasteiger partial charge is 0.437 e. The number of halogens is 5. The molecular formula is C22H15ClF4N4O5. The Kier molecular flexibility index (Phi) is 7.40. The Morgan fingerprint density at radius 3 is 2.53 bits per heavy atom. The predicted molar refractivity (Wildman–Crippen MR) is 119 cm³/mol. The molecule has 0 aliphatic carbocycles. The third-order valence-corrected chi connectivity index (χ3v) is 5.03. The van der Waals surface area contributed by atoms with Crippen LogP contribution in [0.3, 0.4) is 0 Å². The number of para-hydroxylation sites is 1. The molecule has 1 amide bonds. The number of carbonyl (C=O) groups excluding carboxylic acids is 1. The largest absolute Gasteiger partial charge is 0.475 e. The summed E-state index contributed by atoms with van der Waals surface area (Å²) in [6, 6.07) is 6.45. The van der Waals surface area contributed by atoms with Gasteiger partial charge in [0, 0.05) is 12.6 Å². The molecular weight excluding hydrogens is 512 g/mol. The summed E-state index contributed by atoms with van der Waals surface area (Å²) in [6.07, 6.45) is -2.89. The van der Waals surface area contributed by atoms with Crippen LogP contribution in [0.25, 0.3) is 5.69 Å². The van der Waals surface area contributed by atoms with Crippen molar-refractivity contribution in [2.45, 2.75) is 25.7 Å². The number of nitrogens with one attached hydrogen (secondary N) is 1. The van der Waals surface area contributed by atoms with Gasteiger partial charge in [0.25, 0.3) is 12.0 Å². The minimum Gasteiger partial charge on any atom is -0.475 e. The van der Waals surface area contributed by atoms with Gasteiger partial charge in [0.1, 0.15) is 11.6 Å². The van der Waals surface area contributed by atoms with E-state index in [-0.39, 0.29) is 17.3 Å². The van der Waals surface area contributed by atoms with Gasteiger partial charge in [-0.3, -0.25) is 9.36 Å². The number of hydrogen-bond donors (Lipinski definition) is 2. The highest BCUT2D eigenvalue weighted by Crippen LogP contribution is 2.31. The lowest BCUT2D eigenvalue weighted by Crippen LogP contribution is -2.33. The van der Waals surface area contributed by atoms with E-state index in [4.69, 9.17) is 22.8 Å². The van der Waals surface area contributed by atoms with Crippen molar-refractivity contribution in [3.63, 3.8) is 0 Å². The molecule has 14 heteroatoms. The lowest BCUT2D eigenvalue weighted by Gasteiger charge is -2.19. The predicted octanol–water partition coefficient (Wildman–Crippen LogP) is 3.74. The van der Waals surface area contributed by atoms with E-state index in [0.29, 0.717) is 4.68 Å². The minimum absolute atomic E-state index is 0.0685. The average molecular weight is 527 g/mol. The van der Waals surface area contributed by atoms with Gasteiger partial charge in [-0.25, -0.2) is 14.0 Å². The fourth-order valence-corrected chi connectivity index (χ4v) is 3.27. The molecule has 3 rings (SSSR count). The van der Waals surface area contributed by atoms with Crippen molar-refractivity contribution >= 4 is 29.2 Å². The quantitative estimate of drug-likeness (QED) is 0.358. The van der Waals surface area contributed by atoms with Gasteiger partial charge < -0.3 is 15.2 Å². The van der Waals surface area contributed by atoms with Gasteiger partial charge in [0.15, 0.2) is 0 Å². The summed E-state index contributed by atoms with van der Waals surface area (Å²) >= 11 is 5.89. The molecule has 0 fully saturated rings. The number of aromatic carboxylic acids is 1. The zero-order valence-electron chi connectivity index (χ0n) is 18.1. The highest BCUT2D eigenvalue weighted by molar-refractivity contribution is 6.34. The first-order valence-electron chi connectivity index (χ1n) is 9.91. The molecule has 9 nitrogen and oxygen atoms in total. The Labute approximate surface area is 204 Å². The molecule has 2 aromatic carbocycles. The van der Waals surface area contributed by atoms with Crippen LogP contribution in [0, 0.1) is 18.2 Å². The molecule has 1 heterocycles. The first-order chi connectivity index (χ1) is 16.9. The molecule has 0 unspecified atom stereocenters. The normalized spacial score (nSPS) is 12.0. The Bertz CT molecular complexity index is 1420. The summed E-state index contributed by atoms with van der Waals surface area (Å²) < 4.78 is 60.3.